The minimum Gasteiger partial charge on any atom is -0.617 e. The average Bonchev–Trinajstić information content (AvgIpc) is 1.82. The van der Waals surface area contributed by atoms with Crippen molar-refractivity contribution in [2.24, 2.45) is 0 Å². The fraction of sp³-hybridized carbons (Fsp3) is 0. The van der Waals surface area contributed by atoms with Crippen LogP contribution in [-0.4, -0.2) is 0 Å². The molecule has 2 nitrogen and oxygen atoms in total. The van der Waals surface area contributed by atoms with Gasteiger partial charge in [0.05, 0.1) is 5.02 Å². The molecule has 0 aliphatic carbocycles. The van der Waals surface area contributed by atoms with Gasteiger partial charge < -0.3 is 5.21 Å². The zero-order valence-electron chi connectivity index (χ0n) is 4.64. The van der Waals surface area contributed by atoms with Gasteiger partial charge in [-0.1, -0.05) is 11.6 Å². The third-order valence-electron chi connectivity index (χ3n) is 0.902. The summed E-state index contributed by atoms with van der Waals surface area (Å²) in [6.45, 7) is 0. The molecule has 0 bridgehead atoms. The van der Waals surface area contributed by atoms with E-state index in [1.54, 1.807) is 0 Å². The third kappa shape index (κ3) is 1.45. The molecule has 0 N–H and O–H groups in total. The molecule has 0 radical (unpaired) electrons. The molecule has 0 unspecified atom stereocenters. The fourth-order valence-corrected chi connectivity index (χ4v) is 1.27. The molecule has 54 valence electrons. The SMILES string of the molecule is [O-][n+]1c(Cl)cc(Cl)cc1Cl. The normalized spacial score (nSPS) is 9.90. The molecule has 0 atom stereocenters. The average molecular weight is 198 g/mol. The molecule has 1 heterocycles. The molecule has 1 rings (SSSR count). The van der Waals surface area contributed by atoms with E-state index in [1.807, 2.05) is 0 Å². The van der Waals surface area contributed by atoms with E-state index < -0.39 is 0 Å². The second-order valence-corrected chi connectivity index (χ2v) is 2.82. The maximum atomic E-state index is 10.7. The summed E-state index contributed by atoms with van der Waals surface area (Å²) in [5.41, 5.74) is 0. The Hall–Kier alpha value is -0.180. The van der Waals surface area contributed by atoms with Gasteiger partial charge in [0.25, 0.3) is 10.3 Å². The van der Waals surface area contributed by atoms with Crippen molar-refractivity contribution in [2.45, 2.75) is 0 Å². The lowest BCUT2D eigenvalue weighted by molar-refractivity contribution is -0.600. The third-order valence-corrected chi connectivity index (χ3v) is 1.65. The number of pyridine rings is 1. The molecule has 0 aliphatic rings. The van der Waals surface area contributed by atoms with Crippen molar-refractivity contribution >= 4 is 34.8 Å². The van der Waals surface area contributed by atoms with E-state index in [0.29, 0.717) is 9.75 Å². The molecule has 0 aromatic carbocycles. The van der Waals surface area contributed by atoms with Gasteiger partial charge in [-0.3, -0.25) is 0 Å². The highest BCUT2D eigenvalue weighted by Crippen LogP contribution is 2.16. The number of hydrogen-bond donors (Lipinski definition) is 0. The van der Waals surface area contributed by atoms with E-state index in [2.05, 4.69) is 0 Å². The number of hydrogen-bond acceptors (Lipinski definition) is 1. The van der Waals surface area contributed by atoms with Gasteiger partial charge in [-0.05, 0) is 23.2 Å². The summed E-state index contributed by atoms with van der Waals surface area (Å²) in [6, 6.07) is 2.64. The quantitative estimate of drug-likeness (QED) is 0.357. The van der Waals surface area contributed by atoms with Crippen LogP contribution in [0.1, 0.15) is 0 Å². The summed E-state index contributed by atoms with van der Waals surface area (Å²) < 4.78 is 0.384. The zero-order chi connectivity index (χ0) is 7.72. The van der Waals surface area contributed by atoms with Crippen LogP contribution in [0.3, 0.4) is 0 Å². The Labute approximate surface area is 72.5 Å². The molecule has 0 fully saturated rings. The van der Waals surface area contributed by atoms with Crippen molar-refractivity contribution in [3.8, 4) is 0 Å². The Kier molecular flexibility index (Phi) is 2.24. The van der Waals surface area contributed by atoms with Gasteiger partial charge in [0, 0.05) is 12.1 Å². The minimum absolute atomic E-state index is 0.0301. The van der Waals surface area contributed by atoms with E-state index in [4.69, 9.17) is 34.8 Å². The molecule has 0 spiro atoms. The molecule has 0 amide bonds. The molecule has 1 aromatic heterocycles. The van der Waals surface area contributed by atoms with Crippen LogP contribution in [-0.2, 0) is 0 Å². The van der Waals surface area contributed by atoms with Crippen molar-refractivity contribution in [1.82, 2.24) is 0 Å². The predicted octanol–water partition coefficient (Wildman–Crippen LogP) is 2.28. The van der Waals surface area contributed by atoms with Gasteiger partial charge in [0.1, 0.15) is 0 Å². The van der Waals surface area contributed by atoms with E-state index in [0.717, 1.165) is 0 Å². The van der Waals surface area contributed by atoms with Gasteiger partial charge in [0.2, 0.25) is 0 Å². The summed E-state index contributed by atoms with van der Waals surface area (Å²) in [7, 11) is 0. The first-order valence-corrected chi connectivity index (χ1v) is 3.49. The van der Waals surface area contributed by atoms with Gasteiger partial charge in [-0.15, -0.1) is 4.73 Å². The highest BCUT2D eigenvalue weighted by atomic mass is 35.5. The van der Waals surface area contributed by atoms with Crippen LogP contribution in [0, 0.1) is 5.21 Å². The minimum atomic E-state index is -0.0301. The Morgan fingerprint density at radius 1 is 1.10 bits per heavy atom. The van der Waals surface area contributed by atoms with Gasteiger partial charge in [0.15, 0.2) is 0 Å². The Morgan fingerprint density at radius 2 is 1.50 bits per heavy atom. The van der Waals surface area contributed by atoms with Gasteiger partial charge >= 0.3 is 0 Å². The van der Waals surface area contributed by atoms with Crippen molar-refractivity contribution in [1.29, 1.82) is 0 Å². The predicted molar refractivity (Wildman–Crippen MR) is 40.4 cm³/mol. The van der Waals surface area contributed by atoms with Crippen LogP contribution in [0.15, 0.2) is 12.1 Å². The molecule has 10 heavy (non-hydrogen) atoms. The topological polar surface area (TPSA) is 26.9 Å². The first-order valence-electron chi connectivity index (χ1n) is 2.35. The molecule has 0 saturated heterocycles. The second kappa shape index (κ2) is 2.82. The Bertz CT molecular complexity index is 240. The molecule has 0 saturated carbocycles. The summed E-state index contributed by atoms with van der Waals surface area (Å²) in [5, 5.41) is 11.0. The molecule has 5 heteroatoms. The Morgan fingerprint density at radius 3 is 1.90 bits per heavy atom. The maximum absolute atomic E-state index is 10.7. The lowest BCUT2D eigenvalue weighted by atomic mass is 10.5. The maximum Gasteiger partial charge on any atom is 0.288 e. The lowest BCUT2D eigenvalue weighted by Gasteiger charge is -1.99. The summed E-state index contributed by atoms with van der Waals surface area (Å²) in [6.07, 6.45) is 0. The summed E-state index contributed by atoms with van der Waals surface area (Å²) >= 11 is 16.3. The number of halogens is 3. The first kappa shape index (κ1) is 7.92. The Balaban J connectivity index is 3.31. The van der Waals surface area contributed by atoms with E-state index >= 15 is 0 Å². The molecule has 1 aromatic rings. The number of nitrogens with zero attached hydrogens (tertiary/aromatic N) is 1. The highest BCUT2D eigenvalue weighted by Gasteiger charge is 2.07. The number of rotatable bonds is 0. The van der Waals surface area contributed by atoms with Crippen LogP contribution in [0.4, 0.5) is 0 Å². The largest absolute Gasteiger partial charge is 0.617 e. The highest BCUT2D eigenvalue weighted by molar-refractivity contribution is 6.35. The van der Waals surface area contributed by atoms with Crippen LogP contribution in [0.25, 0.3) is 0 Å². The van der Waals surface area contributed by atoms with Crippen molar-refractivity contribution in [3.05, 3.63) is 32.7 Å². The molecular formula is C5H2Cl3NO. The van der Waals surface area contributed by atoms with Gasteiger partial charge in [-0.25, -0.2) is 0 Å². The van der Waals surface area contributed by atoms with E-state index in [-0.39, 0.29) is 10.3 Å². The smallest absolute Gasteiger partial charge is 0.288 e. The monoisotopic (exact) mass is 197 g/mol. The van der Waals surface area contributed by atoms with E-state index in [1.165, 1.54) is 12.1 Å². The lowest BCUT2D eigenvalue weighted by Crippen LogP contribution is -2.28. The second-order valence-electron chi connectivity index (χ2n) is 1.61. The van der Waals surface area contributed by atoms with Crippen LogP contribution in [0.5, 0.6) is 0 Å². The summed E-state index contributed by atoms with van der Waals surface area (Å²) in [5.74, 6) is 0. The van der Waals surface area contributed by atoms with Gasteiger partial charge in [-0.2, -0.15) is 0 Å². The zero-order valence-corrected chi connectivity index (χ0v) is 6.91. The molecular weight excluding hydrogens is 196 g/mol. The van der Waals surface area contributed by atoms with Crippen LogP contribution < -0.4 is 4.73 Å². The van der Waals surface area contributed by atoms with E-state index in [9.17, 15) is 5.21 Å². The fourth-order valence-electron chi connectivity index (χ4n) is 0.489. The van der Waals surface area contributed by atoms with Crippen molar-refractivity contribution < 1.29 is 4.73 Å². The standard InChI is InChI=1S/C5H2Cl3NO/c6-3-1-4(7)9(10)5(8)2-3/h1-2H. The molecule has 0 aliphatic heterocycles. The summed E-state index contributed by atoms with van der Waals surface area (Å²) in [4.78, 5) is 0. The van der Waals surface area contributed by atoms with Crippen LogP contribution in [0.2, 0.25) is 15.3 Å². The van der Waals surface area contributed by atoms with Crippen molar-refractivity contribution in [2.75, 3.05) is 0 Å². The first-order chi connectivity index (χ1) is 4.61. The van der Waals surface area contributed by atoms with Crippen molar-refractivity contribution in [3.63, 3.8) is 0 Å². The van der Waals surface area contributed by atoms with Crippen LogP contribution >= 0.6 is 34.8 Å². The number of aromatic nitrogens is 1.